The van der Waals surface area contributed by atoms with E-state index in [1.165, 1.54) is 4.31 Å². The van der Waals surface area contributed by atoms with Crippen LogP contribution < -0.4 is 0 Å². The van der Waals surface area contributed by atoms with Crippen molar-refractivity contribution in [1.29, 1.82) is 0 Å². The number of sulfonamides is 1. The second kappa shape index (κ2) is 2.68. The van der Waals surface area contributed by atoms with E-state index in [0.29, 0.717) is 19.5 Å². The van der Waals surface area contributed by atoms with Crippen LogP contribution >= 0.6 is 0 Å². The van der Waals surface area contributed by atoms with Crippen molar-refractivity contribution in [2.45, 2.75) is 18.1 Å². The Balaban J connectivity index is 2.42. The molecule has 2 aliphatic rings. The van der Waals surface area contributed by atoms with Gasteiger partial charge in [-0.15, -0.1) is 0 Å². The molecule has 2 saturated heterocycles. The third-order valence-corrected chi connectivity index (χ3v) is 5.05. The summed E-state index contributed by atoms with van der Waals surface area (Å²) in [4.78, 5) is 10.8. The summed E-state index contributed by atoms with van der Waals surface area (Å²) in [5.74, 6) is -1.40. The van der Waals surface area contributed by atoms with E-state index >= 15 is 0 Å². The molecule has 6 heteroatoms. The van der Waals surface area contributed by atoms with Gasteiger partial charge in [-0.1, -0.05) is 0 Å². The molecule has 2 fully saturated rings. The maximum atomic E-state index is 11.6. The van der Waals surface area contributed by atoms with Crippen LogP contribution in [0.15, 0.2) is 0 Å². The summed E-state index contributed by atoms with van der Waals surface area (Å²) < 4.78 is 24.4. The quantitative estimate of drug-likeness (QED) is 0.626. The van der Waals surface area contributed by atoms with Crippen LogP contribution in [0.3, 0.4) is 0 Å². The molecular formula is C7H11NO4S. The van der Waals surface area contributed by atoms with Crippen molar-refractivity contribution in [2.75, 3.05) is 13.1 Å². The number of carboxylic acid groups (broad SMARTS) is 1. The minimum absolute atomic E-state index is 0.198. The van der Waals surface area contributed by atoms with Crippen LogP contribution in [0, 0.1) is 5.92 Å². The number of aliphatic carboxylic acids is 1. The van der Waals surface area contributed by atoms with E-state index in [0.717, 1.165) is 6.42 Å². The molecule has 0 radical (unpaired) electrons. The summed E-state index contributed by atoms with van der Waals surface area (Å²) in [6.45, 7) is 0.891. The van der Waals surface area contributed by atoms with E-state index in [1.807, 2.05) is 0 Å². The number of hydrogen-bond acceptors (Lipinski definition) is 3. The van der Waals surface area contributed by atoms with Gasteiger partial charge in [-0.3, -0.25) is 4.79 Å². The highest BCUT2D eigenvalue weighted by atomic mass is 32.2. The molecule has 0 aromatic rings. The average Bonchev–Trinajstić information content (AvgIpc) is 2.19. The van der Waals surface area contributed by atoms with Gasteiger partial charge in [0.25, 0.3) is 0 Å². The highest BCUT2D eigenvalue weighted by Gasteiger charge is 2.51. The molecule has 0 amide bonds. The fraction of sp³-hybridized carbons (Fsp3) is 0.857. The first kappa shape index (κ1) is 8.96. The normalized spacial score (nSPS) is 41.7. The van der Waals surface area contributed by atoms with Crippen molar-refractivity contribution in [3.8, 4) is 0 Å². The van der Waals surface area contributed by atoms with Crippen LogP contribution in [-0.2, 0) is 14.8 Å². The Kier molecular flexibility index (Phi) is 1.85. The van der Waals surface area contributed by atoms with E-state index in [1.54, 1.807) is 0 Å². The van der Waals surface area contributed by atoms with E-state index in [-0.39, 0.29) is 5.92 Å². The second-order valence-electron chi connectivity index (χ2n) is 3.56. The van der Waals surface area contributed by atoms with Gasteiger partial charge in [0.1, 0.15) is 0 Å². The highest BCUT2D eigenvalue weighted by molar-refractivity contribution is 7.90. The molecule has 0 spiro atoms. The van der Waals surface area contributed by atoms with Gasteiger partial charge >= 0.3 is 5.97 Å². The molecule has 5 nitrogen and oxygen atoms in total. The van der Waals surface area contributed by atoms with Gasteiger partial charge in [0, 0.05) is 19.0 Å². The van der Waals surface area contributed by atoms with E-state index in [2.05, 4.69) is 0 Å². The van der Waals surface area contributed by atoms with Crippen LogP contribution in [0.5, 0.6) is 0 Å². The molecule has 2 bridgehead atoms. The lowest BCUT2D eigenvalue weighted by molar-refractivity contribution is -0.137. The van der Waals surface area contributed by atoms with E-state index in [4.69, 9.17) is 5.11 Å². The van der Waals surface area contributed by atoms with Gasteiger partial charge < -0.3 is 5.11 Å². The Labute approximate surface area is 76.4 Å². The molecular weight excluding hydrogens is 194 g/mol. The lowest BCUT2D eigenvalue weighted by Crippen LogP contribution is -2.33. The topological polar surface area (TPSA) is 74.7 Å². The Hall–Kier alpha value is -0.620. The van der Waals surface area contributed by atoms with Crippen LogP contribution in [0.1, 0.15) is 12.8 Å². The Morgan fingerprint density at radius 1 is 1.46 bits per heavy atom. The largest absolute Gasteiger partial charge is 0.480 e. The van der Waals surface area contributed by atoms with Crippen LogP contribution in [0.4, 0.5) is 0 Å². The number of nitrogens with zero attached hydrogens (tertiary/aromatic N) is 1. The maximum absolute atomic E-state index is 11.6. The summed E-state index contributed by atoms with van der Waals surface area (Å²) in [6, 6.07) is 0. The second-order valence-corrected chi connectivity index (χ2v) is 5.62. The van der Waals surface area contributed by atoms with Crippen LogP contribution in [0.25, 0.3) is 0 Å². The first-order valence-electron chi connectivity index (χ1n) is 4.25. The van der Waals surface area contributed by atoms with Crippen molar-refractivity contribution in [2.24, 2.45) is 5.92 Å². The van der Waals surface area contributed by atoms with Crippen molar-refractivity contribution < 1.29 is 18.3 Å². The van der Waals surface area contributed by atoms with Gasteiger partial charge in [0.2, 0.25) is 10.0 Å². The van der Waals surface area contributed by atoms with Crippen LogP contribution in [-0.4, -0.2) is 42.1 Å². The predicted octanol–water partition coefficient (Wildman–Crippen LogP) is -0.505. The zero-order valence-corrected chi connectivity index (χ0v) is 7.83. The number of rotatable bonds is 1. The van der Waals surface area contributed by atoms with Crippen molar-refractivity contribution in [3.05, 3.63) is 0 Å². The van der Waals surface area contributed by atoms with Crippen molar-refractivity contribution >= 4 is 16.0 Å². The standard InChI is InChI=1S/C7H11NO4S/c9-7(10)6-5-2-1-3-8(4-5)13(6,11)12/h5-6H,1-4H2,(H,9,10). The van der Waals surface area contributed by atoms with Gasteiger partial charge in [0.05, 0.1) is 0 Å². The van der Waals surface area contributed by atoms with Gasteiger partial charge in [-0.25, -0.2) is 12.7 Å². The smallest absolute Gasteiger partial charge is 0.323 e. The first-order chi connectivity index (χ1) is 6.03. The summed E-state index contributed by atoms with van der Waals surface area (Å²) >= 11 is 0. The number of fused-ring (bicyclic) bond motifs is 2. The zero-order valence-electron chi connectivity index (χ0n) is 7.01. The van der Waals surface area contributed by atoms with Crippen molar-refractivity contribution in [3.63, 3.8) is 0 Å². The number of hydrogen-bond donors (Lipinski definition) is 1. The number of carbonyl (C=O) groups is 1. The molecule has 1 N–H and O–H groups in total. The Morgan fingerprint density at radius 3 is 2.69 bits per heavy atom. The zero-order chi connectivity index (χ0) is 9.64. The van der Waals surface area contributed by atoms with Crippen LogP contribution in [0.2, 0.25) is 0 Å². The first-order valence-corrected chi connectivity index (χ1v) is 5.75. The van der Waals surface area contributed by atoms with E-state index in [9.17, 15) is 13.2 Å². The summed E-state index contributed by atoms with van der Waals surface area (Å²) in [5.41, 5.74) is 0. The molecule has 2 heterocycles. The third-order valence-electron chi connectivity index (χ3n) is 2.77. The van der Waals surface area contributed by atoms with E-state index < -0.39 is 21.2 Å². The summed E-state index contributed by atoms with van der Waals surface area (Å²) in [7, 11) is -3.53. The highest BCUT2D eigenvalue weighted by Crippen LogP contribution is 2.34. The minimum Gasteiger partial charge on any atom is -0.480 e. The predicted molar refractivity (Wildman–Crippen MR) is 44.6 cm³/mol. The molecule has 74 valence electrons. The van der Waals surface area contributed by atoms with Gasteiger partial charge in [0.15, 0.2) is 5.25 Å². The fourth-order valence-electron chi connectivity index (χ4n) is 2.19. The SMILES string of the molecule is O=C(O)C1C2CCCN(C2)S1(=O)=O. The fourth-order valence-corrected chi connectivity index (χ4v) is 4.25. The molecule has 2 rings (SSSR count). The molecule has 0 aromatic carbocycles. The molecule has 0 aliphatic carbocycles. The third kappa shape index (κ3) is 1.16. The Morgan fingerprint density at radius 2 is 2.15 bits per heavy atom. The average molecular weight is 205 g/mol. The lowest BCUT2D eigenvalue weighted by atomic mass is 9.96. The lowest BCUT2D eigenvalue weighted by Gasteiger charge is -2.18. The molecule has 0 saturated carbocycles. The van der Waals surface area contributed by atoms with Gasteiger partial charge in [-0.2, -0.15) is 0 Å². The van der Waals surface area contributed by atoms with Gasteiger partial charge in [-0.05, 0) is 12.8 Å². The van der Waals surface area contributed by atoms with Crippen molar-refractivity contribution in [1.82, 2.24) is 4.31 Å². The minimum atomic E-state index is -3.53. The molecule has 0 aromatic heterocycles. The molecule has 3 atom stereocenters. The number of piperidine rings is 1. The summed E-state index contributed by atoms with van der Waals surface area (Å²) in [5, 5.41) is 7.60. The maximum Gasteiger partial charge on any atom is 0.323 e. The number of carboxylic acids is 1. The molecule has 13 heavy (non-hydrogen) atoms. The monoisotopic (exact) mass is 205 g/mol. The molecule has 2 aliphatic heterocycles. The molecule has 3 unspecified atom stereocenters. The Bertz CT molecular complexity index is 336. The summed E-state index contributed by atoms with van der Waals surface area (Å²) in [6.07, 6.45) is 1.50.